The standard InChI is InChI=1S/C15H25N3O4/c1-15(2,3)22-14(21)18-6-4-5-11(18)9-17-8-10(13(16)20)7-12(17)19/h10-11H,4-9H2,1-3H3,(H2,16,20)/t10?,11-/m1/s1. The second kappa shape index (κ2) is 6.14. The predicted octanol–water partition coefficient (Wildman–Crippen LogP) is 0.720. The third kappa shape index (κ3) is 3.90. The number of rotatable bonds is 3. The van der Waals surface area contributed by atoms with Crippen molar-refractivity contribution in [1.82, 2.24) is 9.80 Å². The van der Waals surface area contributed by atoms with Crippen LogP contribution < -0.4 is 5.73 Å². The number of carbonyl (C=O) groups is 3. The molecular formula is C15H25N3O4. The largest absolute Gasteiger partial charge is 0.444 e. The number of amides is 3. The van der Waals surface area contributed by atoms with Gasteiger partial charge in [-0.05, 0) is 33.6 Å². The van der Waals surface area contributed by atoms with Crippen LogP contribution in [0.3, 0.4) is 0 Å². The van der Waals surface area contributed by atoms with Crippen LogP contribution in [-0.4, -0.2) is 59.0 Å². The van der Waals surface area contributed by atoms with Crippen LogP contribution in [0.4, 0.5) is 4.79 Å². The van der Waals surface area contributed by atoms with Crippen molar-refractivity contribution in [3.8, 4) is 0 Å². The molecule has 2 heterocycles. The molecule has 1 unspecified atom stereocenters. The molecule has 2 N–H and O–H groups in total. The van der Waals surface area contributed by atoms with Gasteiger partial charge in [0.25, 0.3) is 0 Å². The van der Waals surface area contributed by atoms with Gasteiger partial charge in [0, 0.05) is 26.1 Å². The first-order valence-electron chi connectivity index (χ1n) is 7.74. The van der Waals surface area contributed by atoms with Crippen LogP contribution in [0.15, 0.2) is 0 Å². The van der Waals surface area contributed by atoms with Gasteiger partial charge in [0.15, 0.2) is 0 Å². The van der Waals surface area contributed by atoms with Crippen molar-refractivity contribution in [1.29, 1.82) is 0 Å². The highest BCUT2D eigenvalue weighted by Crippen LogP contribution is 2.24. The minimum Gasteiger partial charge on any atom is -0.444 e. The molecule has 0 bridgehead atoms. The summed E-state index contributed by atoms with van der Waals surface area (Å²) in [5.74, 6) is -0.921. The topological polar surface area (TPSA) is 92.9 Å². The number of likely N-dealkylation sites (tertiary alicyclic amines) is 2. The Balaban J connectivity index is 1.96. The molecule has 3 amide bonds. The van der Waals surface area contributed by atoms with Gasteiger partial charge in [0.1, 0.15) is 5.60 Å². The molecular weight excluding hydrogens is 286 g/mol. The Morgan fingerprint density at radius 1 is 1.36 bits per heavy atom. The molecule has 124 valence electrons. The highest BCUT2D eigenvalue weighted by Gasteiger charge is 2.38. The van der Waals surface area contributed by atoms with E-state index in [1.807, 2.05) is 20.8 Å². The van der Waals surface area contributed by atoms with Gasteiger partial charge in [-0.3, -0.25) is 9.59 Å². The van der Waals surface area contributed by atoms with Crippen LogP contribution in [0.1, 0.15) is 40.0 Å². The Morgan fingerprint density at radius 3 is 2.59 bits per heavy atom. The number of carbonyl (C=O) groups excluding carboxylic acids is 3. The van der Waals surface area contributed by atoms with Gasteiger partial charge >= 0.3 is 6.09 Å². The van der Waals surface area contributed by atoms with Crippen molar-refractivity contribution in [2.45, 2.75) is 51.7 Å². The Labute approximate surface area is 130 Å². The Kier molecular flexibility index (Phi) is 4.63. The van der Waals surface area contributed by atoms with Crippen molar-refractivity contribution < 1.29 is 19.1 Å². The molecule has 2 rings (SSSR count). The number of nitrogens with zero attached hydrogens (tertiary/aromatic N) is 2. The summed E-state index contributed by atoms with van der Waals surface area (Å²) in [6.45, 7) is 6.93. The van der Waals surface area contributed by atoms with Gasteiger partial charge in [-0.15, -0.1) is 0 Å². The lowest BCUT2D eigenvalue weighted by molar-refractivity contribution is -0.129. The van der Waals surface area contributed by atoms with Crippen LogP contribution in [0.5, 0.6) is 0 Å². The molecule has 2 aliphatic heterocycles. The van der Waals surface area contributed by atoms with Gasteiger partial charge in [-0.1, -0.05) is 0 Å². The fourth-order valence-electron chi connectivity index (χ4n) is 2.98. The van der Waals surface area contributed by atoms with Crippen molar-refractivity contribution >= 4 is 17.9 Å². The molecule has 0 saturated carbocycles. The minimum absolute atomic E-state index is 0.0505. The molecule has 7 heteroatoms. The van der Waals surface area contributed by atoms with Crippen LogP contribution in [0.2, 0.25) is 0 Å². The van der Waals surface area contributed by atoms with E-state index in [4.69, 9.17) is 10.5 Å². The smallest absolute Gasteiger partial charge is 0.410 e. The number of primary amides is 1. The maximum Gasteiger partial charge on any atom is 0.410 e. The monoisotopic (exact) mass is 311 g/mol. The summed E-state index contributed by atoms with van der Waals surface area (Å²) in [5, 5.41) is 0. The zero-order chi connectivity index (χ0) is 16.5. The molecule has 0 aromatic carbocycles. The number of hydrogen-bond acceptors (Lipinski definition) is 4. The number of ether oxygens (including phenoxy) is 1. The fraction of sp³-hybridized carbons (Fsp3) is 0.800. The van der Waals surface area contributed by atoms with Gasteiger partial charge in [-0.2, -0.15) is 0 Å². The van der Waals surface area contributed by atoms with E-state index in [0.717, 1.165) is 12.8 Å². The van der Waals surface area contributed by atoms with Gasteiger partial charge in [-0.25, -0.2) is 4.79 Å². The first-order chi connectivity index (χ1) is 10.2. The third-order valence-electron chi connectivity index (χ3n) is 4.05. The molecule has 0 radical (unpaired) electrons. The Bertz CT molecular complexity index is 472. The molecule has 0 aromatic heterocycles. The lowest BCUT2D eigenvalue weighted by atomic mass is 10.1. The van der Waals surface area contributed by atoms with Crippen molar-refractivity contribution in [3.63, 3.8) is 0 Å². The lowest BCUT2D eigenvalue weighted by Crippen LogP contribution is -2.45. The molecule has 2 saturated heterocycles. The maximum atomic E-state index is 12.2. The molecule has 7 nitrogen and oxygen atoms in total. The summed E-state index contributed by atoms with van der Waals surface area (Å²) in [4.78, 5) is 38.7. The average Bonchev–Trinajstić information content (AvgIpc) is 2.95. The molecule has 0 spiro atoms. The van der Waals surface area contributed by atoms with Crippen LogP contribution in [0.25, 0.3) is 0 Å². The number of hydrogen-bond donors (Lipinski definition) is 1. The van der Waals surface area contributed by atoms with E-state index in [9.17, 15) is 14.4 Å². The zero-order valence-corrected chi connectivity index (χ0v) is 13.5. The summed E-state index contributed by atoms with van der Waals surface area (Å²) in [6, 6.07) is -0.0505. The van der Waals surface area contributed by atoms with E-state index >= 15 is 0 Å². The molecule has 2 atom stereocenters. The first kappa shape index (κ1) is 16.6. The third-order valence-corrected chi connectivity index (χ3v) is 4.05. The van der Waals surface area contributed by atoms with Gasteiger partial charge < -0.3 is 20.3 Å². The average molecular weight is 311 g/mol. The normalized spacial score (nSPS) is 25.7. The lowest BCUT2D eigenvalue weighted by Gasteiger charge is -2.30. The fourth-order valence-corrected chi connectivity index (χ4v) is 2.98. The van der Waals surface area contributed by atoms with Crippen LogP contribution in [0, 0.1) is 5.92 Å². The van der Waals surface area contributed by atoms with E-state index in [1.54, 1.807) is 9.80 Å². The van der Waals surface area contributed by atoms with E-state index in [1.165, 1.54) is 0 Å². The zero-order valence-electron chi connectivity index (χ0n) is 13.5. The second-order valence-corrected chi connectivity index (χ2v) is 7.07. The summed E-state index contributed by atoms with van der Waals surface area (Å²) in [5.41, 5.74) is 4.74. The van der Waals surface area contributed by atoms with Gasteiger partial charge in [0.2, 0.25) is 11.8 Å². The van der Waals surface area contributed by atoms with E-state index in [0.29, 0.717) is 19.6 Å². The second-order valence-electron chi connectivity index (χ2n) is 7.07. The Morgan fingerprint density at radius 2 is 2.05 bits per heavy atom. The van der Waals surface area contributed by atoms with Crippen molar-refractivity contribution in [2.24, 2.45) is 11.7 Å². The molecule has 22 heavy (non-hydrogen) atoms. The summed E-state index contributed by atoms with van der Waals surface area (Å²) >= 11 is 0. The van der Waals surface area contributed by atoms with Gasteiger partial charge in [0.05, 0.1) is 12.0 Å². The predicted molar refractivity (Wildman–Crippen MR) is 79.8 cm³/mol. The minimum atomic E-state index is -0.537. The maximum absolute atomic E-state index is 12.2. The highest BCUT2D eigenvalue weighted by atomic mass is 16.6. The first-order valence-corrected chi connectivity index (χ1v) is 7.74. The molecule has 0 aliphatic carbocycles. The van der Waals surface area contributed by atoms with Crippen LogP contribution in [-0.2, 0) is 14.3 Å². The van der Waals surface area contributed by atoms with E-state index in [2.05, 4.69) is 0 Å². The van der Waals surface area contributed by atoms with E-state index < -0.39 is 17.4 Å². The van der Waals surface area contributed by atoms with E-state index in [-0.39, 0.29) is 24.5 Å². The quantitative estimate of drug-likeness (QED) is 0.831. The SMILES string of the molecule is CC(C)(C)OC(=O)N1CCC[C@@H]1CN1CC(C(N)=O)CC1=O. The molecule has 0 aromatic rings. The summed E-state index contributed by atoms with van der Waals surface area (Å²) < 4.78 is 5.41. The summed E-state index contributed by atoms with van der Waals surface area (Å²) in [6.07, 6.45) is 1.57. The Hall–Kier alpha value is -1.79. The van der Waals surface area contributed by atoms with Crippen molar-refractivity contribution in [2.75, 3.05) is 19.6 Å². The molecule has 2 aliphatic rings. The summed E-state index contributed by atoms with van der Waals surface area (Å²) in [7, 11) is 0. The van der Waals surface area contributed by atoms with Crippen molar-refractivity contribution in [3.05, 3.63) is 0 Å². The molecule has 2 fully saturated rings. The van der Waals surface area contributed by atoms with Crippen LogP contribution >= 0.6 is 0 Å². The highest BCUT2D eigenvalue weighted by molar-refractivity contribution is 5.88. The number of nitrogens with two attached hydrogens (primary N) is 1.